The number of H-pyrrole nitrogens is 1. The summed E-state index contributed by atoms with van der Waals surface area (Å²) >= 11 is 4.64. The molecule has 3 aromatic carbocycles. The summed E-state index contributed by atoms with van der Waals surface area (Å²) in [4.78, 5) is 15.4. The molecule has 0 saturated carbocycles. The number of nitrogens with zero attached hydrogens (tertiary/aromatic N) is 3. The predicted molar refractivity (Wildman–Crippen MR) is 164 cm³/mol. The minimum atomic E-state index is -0.325. The van der Waals surface area contributed by atoms with Crippen molar-refractivity contribution < 1.29 is 18.0 Å². The number of benzene rings is 3. The number of aromatic nitrogens is 2. The van der Waals surface area contributed by atoms with Crippen molar-refractivity contribution in [3.05, 3.63) is 95.2 Å². The first kappa shape index (κ1) is 28.0. The fourth-order valence-electron chi connectivity index (χ4n) is 5.78. The highest BCUT2D eigenvalue weighted by Gasteiger charge is 2.30. The average molecular weight is 588 g/mol. The molecule has 1 fully saturated rings. The number of fused-ring (bicyclic) bond motifs is 1. The summed E-state index contributed by atoms with van der Waals surface area (Å²) in [5.41, 5.74) is 6.21. The standard InChI is InChI=1S/C32H31F2N5O2S/c1-35-17-26-25-14-24(29(38(2)42)16-30(25)41-31(26)20-7-11-23(34)12-8-20)21-4-3-13-39(18-21)32(40)28-15-27(36-37-28)19-5-9-22(33)10-6-19/h5-12,14-16,21,35,42H,3-4,13,17-18H2,1-2H3,(H,36,37)/t21-/m1/s1. The molecule has 1 atom stereocenters. The average Bonchev–Trinajstić information content (AvgIpc) is 3.63. The molecule has 3 heterocycles. The summed E-state index contributed by atoms with van der Waals surface area (Å²) in [7, 11) is 3.76. The molecule has 2 N–H and O–H groups in total. The van der Waals surface area contributed by atoms with Crippen LogP contribution in [0, 0.1) is 11.6 Å². The van der Waals surface area contributed by atoms with Crippen LogP contribution in [0.4, 0.5) is 14.5 Å². The third kappa shape index (κ3) is 5.39. The van der Waals surface area contributed by atoms with Gasteiger partial charge in [0.25, 0.3) is 5.91 Å². The predicted octanol–water partition coefficient (Wildman–Crippen LogP) is 6.79. The van der Waals surface area contributed by atoms with Crippen molar-refractivity contribution in [2.45, 2.75) is 25.3 Å². The molecule has 0 radical (unpaired) electrons. The van der Waals surface area contributed by atoms with E-state index in [1.807, 2.05) is 25.1 Å². The van der Waals surface area contributed by atoms with Crippen LogP contribution in [-0.4, -0.2) is 48.2 Å². The Morgan fingerprint density at radius 1 is 1.10 bits per heavy atom. The number of aromatic amines is 1. The molecule has 1 amide bonds. The Labute approximate surface area is 248 Å². The lowest BCUT2D eigenvalue weighted by atomic mass is 9.88. The second kappa shape index (κ2) is 11.6. The SMILES string of the molecule is CNCc1c(-c2ccc(F)cc2)oc2cc(N(C)S)c([C@@H]3CCCN(C(=O)c4cc(-c5ccc(F)cc5)n[nH]4)C3)cc12. The molecule has 42 heavy (non-hydrogen) atoms. The second-order valence-corrected chi connectivity index (χ2v) is 11.2. The molecule has 6 rings (SSSR count). The van der Waals surface area contributed by atoms with E-state index in [4.69, 9.17) is 4.42 Å². The van der Waals surface area contributed by atoms with Gasteiger partial charge in [0.15, 0.2) is 0 Å². The molecule has 0 aliphatic carbocycles. The van der Waals surface area contributed by atoms with Crippen LogP contribution in [0.2, 0.25) is 0 Å². The number of piperidine rings is 1. The Hall–Kier alpha value is -4.15. The van der Waals surface area contributed by atoms with Gasteiger partial charge in [0.05, 0.1) is 11.4 Å². The number of anilines is 1. The quantitative estimate of drug-likeness (QED) is 0.183. The van der Waals surface area contributed by atoms with Crippen molar-refractivity contribution in [2.75, 3.05) is 31.5 Å². The minimum absolute atomic E-state index is 0.0720. The Kier molecular flexibility index (Phi) is 7.74. The molecule has 1 aliphatic rings. The molecule has 216 valence electrons. The number of amides is 1. The summed E-state index contributed by atoms with van der Waals surface area (Å²) in [6, 6.07) is 18.2. The van der Waals surface area contributed by atoms with Crippen LogP contribution >= 0.6 is 12.8 Å². The third-order valence-corrected chi connectivity index (χ3v) is 8.06. The van der Waals surface area contributed by atoms with Gasteiger partial charge >= 0.3 is 0 Å². The summed E-state index contributed by atoms with van der Waals surface area (Å²) in [6.07, 6.45) is 1.76. The Balaban J connectivity index is 1.32. The van der Waals surface area contributed by atoms with Gasteiger partial charge in [-0.05, 0) is 86.1 Å². The van der Waals surface area contributed by atoms with Gasteiger partial charge in [-0.3, -0.25) is 9.89 Å². The molecule has 2 aromatic heterocycles. The minimum Gasteiger partial charge on any atom is -0.456 e. The van der Waals surface area contributed by atoms with Crippen molar-refractivity contribution >= 4 is 35.4 Å². The normalized spacial score (nSPS) is 15.4. The lowest BCUT2D eigenvalue weighted by molar-refractivity contribution is 0.0701. The highest BCUT2D eigenvalue weighted by Crippen LogP contribution is 2.42. The van der Waals surface area contributed by atoms with E-state index < -0.39 is 0 Å². The highest BCUT2D eigenvalue weighted by atomic mass is 32.1. The van der Waals surface area contributed by atoms with E-state index in [1.165, 1.54) is 24.3 Å². The smallest absolute Gasteiger partial charge is 0.271 e. The molecule has 1 aliphatic heterocycles. The third-order valence-electron chi connectivity index (χ3n) is 7.85. The number of halogens is 2. The first-order valence-electron chi connectivity index (χ1n) is 13.9. The molecular weight excluding hydrogens is 556 g/mol. The van der Waals surface area contributed by atoms with E-state index in [1.54, 1.807) is 34.6 Å². The molecule has 0 unspecified atom stereocenters. The number of furan rings is 1. The van der Waals surface area contributed by atoms with E-state index in [0.29, 0.717) is 42.4 Å². The van der Waals surface area contributed by atoms with Gasteiger partial charge in [-0.15, -0.1) is 0 Å². The summed E-state index contributed by atoms with van der Waals surface area (Å²) in [5, 5.41) is 11.4. The Morgan fingerprint density at radius 2 is 1.79 bits per heavy atom. The van der Waals surface area contributed by atoms with E-state index in [0.717, 1.165) is 46.2 Å². The van der Waals surface area contributed by atoms with Gasteiger partial charge in [0, 0.05) is 60.7 Å². The fraction of sp³-hybridized carbons (Fsp3) is 0.250. The number of rotatable bonds is 7. The van der Waals surface area contributed by atoms with Gasteiger partial charge in [-0.1, -0.05) is 12.8 Å². The van der Waals surface area contributed by atoms with Crippen molar-refractivity contribution in [3.63, 3.8) is 0 Å². The van der Waals surface area contributed by atoms with Crippen molar-refractivity contribution in [3.8, 4) is 22.6 Å². The number of carbonyl (C=O) groups excluding carboxylic acids is 1. The van der Waals surface area contributed by atoms with Crippen molar-refractivity contribution in [1.82, 2.24) is 20.4 Å². The van der Waals surface area contributed by atoms with Crippen LogP contribution in [0.25, 0.3) is 33.6 Å². The number of nitrogens with one attached hydrogen (secondary N) is 2. The van der Waals surface area contributed by atoms with Crippen LogP contribution in [0.1, 0.15) is 40.4 Å². The monoisotopic (exact) mass is 587 g/mol. The van der Waals surface area contributed by atoms with Crippen molar-refractivity contribution in [2.24, 2.45) is 0 Å². The molecular formula is C32H31F2N5O2S. The Morgan fingerprint density at radius 3 is 2.45 bits per heavy atom. The molecule has 7 nitrogen and oxygen atoms in total. The maximum Gasteiger partial charge on any atom is 0.271 e. The van der Waals surface area contributed by atoms with E-state index >= 15 is 0 Å². The van der Waals surface area contributed by atoms with E-state index in [9.17, 15) is 13.6 Å². The second-order valence-electron chi connectivity index (χ2n) is 10.6. The topological polar surface area (TPSA) is 77.4 Å². The number of carbonyl (C=O) groups is 1. The number of hydrogen-bond donors (Lipinski definition) is 3. The molecule has 0 spiro atoms. The van der Waals surface area contributed by atoms with E-state index in [2.05, 4.69) is 34.4 Å². The first-order valence-corrected chi connectivity index (χ1v) is 14.3. The highest BCUT2D eigenvalue weighted by molar-refractivity contribution is 7.81. The fourth-order valence-corrected chi connectivity index (χ4v) is 5.95. The molecule has 10 heteroatoms. The maximum absolute atomic E-state index is 13.6. The summed E-state index contributed by atoms with van der Waals surface area (Å²) in [5.74, 6) is 0.0166. The largest absolute Gasteiger partial charge is 0.456 e. The zero-order valence-corrected chi connectivity index (χ0v) is 24.2. The van der Waals surface area contributed by atoms with Crippen LogP contribution in [-0.2, 0) is 6.54 Å². The first-order chi connectivity index (χ1) is 20.3. The van der Waals surface area contributed by atoms with Gasteiger partial charge in [0.2, 0.25) is 0 Å². The lowest BCUT2D eigenvalue weighted by Crippen LogP contribution is -2.39. The molecule has 0 bridgehead atoms. The van der Waals surface area contributed by atoms with Gasteiger partial charge < -0.3 is 18.9 Å². The van der Waals surface area contributed by atoms with Gasteiger partial charge in [-0.25, -0.2) is 8.78 Å². The number of thiol groups is 1. The molecule has 5 aromatic rings. The van der Waals surface area contributed by atoms with Crippen LogP contribution in [0.3, 0.4) is 0 Å². The van der Waals surface area contributed by atoms with E-state index in [-0.39, 0.29) is 23.5 Å². The van der Waals surface area contributed by atoms with Crippen molar-refractivity contribution in [1.29, 1.82) is 0 Å². The van der Waals surface area contributed by atoms with Crippen LogP contribution in [0.5, 0.6) is 0 Å². The summed E-state index contributed by atoms with van der Waals surface area (Å²) in [6.45, 7) is 1.74. The number of hydrogen-bond acceptors (Lipinski definition) is 6. The van der Waals surface area contributed by atoms with Gasteiger partial charge in [0.1, 0.15) is 28.7 Å². The zero-order chi connectivity index (χ0) is 29.4. The maximum atomic E-state index is 13.6. The van der Waals surface area contributed by atoms with Crippen LogP contribution < -0.4 is 9.62 Å². The lowest BCUT2D eigenvalue weighted by Gasteiger charge is -2.34. The Bertz CT molecular complexity index is 1730. The number of likely N-dealkylation sites (tertiary alicyclic amines) is 1. The molecule has 1 saturated heterocycles. The van der Waals surface area contributed by atoms with Crippen LogP contribution in [0.15, 0.2) is 71.1 Å². The summed E-state index contributed by atoms with van der Waals surface area (Å²) < 4.78 is 35.1. The van der Waals surface area contributed by atoms with Gasteiger partial charge in [-0.2, -0.15) is 5.10 Å². The zero-order valence-electron chi connectivity index (χ0n) is 23.3.